The van der Waals surface area contributed by atoms with Crippen molar-refractivity contribution in [3.05, 3.63) is 64.0 Å². The standard InChI is InChI=1S/C15H9BrClN3O/c16-14-12(6-3-7-18-14)20-15(21)13-8-10(17)9-4-1-2-5-11(9)19-13/h1-8H,(H,20,21). The van der Waals surface area contributed by atoms with E-state index in [4.69, 9.17) is 11.6 Å². The van der Waals surface area contributed by atoms with Gasteiger partial charge in [0.15, 0.2) is 0 Å². The summed E-state index contributed by atoms with van der Waals surface area (Å²) in [4.78, 5) is 20.7. The number of pyridine rings is 2. The quantitative estimate of drug-likeness (QED) is 0.692. The van der Waals surface area contributed by atoms with E-state index >= 15 is 0 Å². The Morgan fingerprint density at radius 2 is 2.00 bits per heavy atom. The fraction of sp³-hybridized carbons (Fsp3) is 0. The minimum atomic E-state index is -0.337. The maximum atomic E-state index is 12.3. The summed E-state index contributed by atoms with van der Waals surface area (Å²) < 4.78 is 0.560. The van der Waals surface area contributed by atoms with Crippen molar-refractivity contribution in [2.24, 2.45) is 0 Å². The van der Waals surface area contributed by atoms with E-state index in [0.29, 0.717) is 20.8 Å². The molecule has 0 fully saturated rings. The highest BCUT2D eigenvalue weighted by Gasteiger charge is 2.12. The van der Waals surface area contributed by atoms with Crippen molar-refractivity contribution in [2.75, 3.05) is 5.32 Å². The Balaban J connectivity index is 1.97. The van der Waals surface area contributed by atoms with Crippen molar-refractivity contribution in [1.29, 1.82) is 0 Å². The molecule has 0 spiro atoms. The number of amides is 1. The van der Waals surface area contributed by atoms with E-state index in [1.165, 1.54) is 0 Å². The molecule has 2 aromatic heterocycles. The summed E-state index contributed by atoms with van der Waals surface area (Å²) >= 11 is 9.48. The number of hydrogen-bond donors (Lipinski definition) is 1. The van der Waals surface area contributed by atoms with Gasteiger partial charge in [0.25, 0.3) is 5.91 Å². The number of aromatic nitrogens is 2. The van der Waals surface area contributed by atoms with Crippen molar-refractivity contribution in [3.8, 4) is 0 Å². The van der Waals surface area contributed by atoms with Crippen LogP contribution >= 0.6 is 27.5 Å². The number of para-hydroxylation sites is 1. The molecule has 2 heterocycles. The Morgan fingerprint density at radius 1 is 1.19 bits per heavy atom. The van der Waals surface area contributed by atoms with E-state index < -0.39 is 0 Å². The van der Waals surface area contributed by atoms with Gasteiger partial charge in [0.2, 0.25) is 0 Å². The Bertz CT molecular complexity index is 838. The second-order valence-corrected chi connectivity index (χ2v) is 5.46. The minimum Gasteiger partial charge on any atom is -0.318 e. The molecule has 1 N–H and O–H groups in total. The van der Waals surface area contributed by atoms with E-state index in [0.717, 1.165) is 5.39 Å². The lowest BCUT2D eigenvalue weighted by Gasteiger charge is -2.07. The molecule has 0 unspecified atom stereocenters. The fourth-order valence-corrected chi connectivity index (χ4v) is 2.53. The van der Waals surface area contributed by atoms with Crippen LogP contribution in [0.3, 0.4) is 0 Å². The van der Waals surface area contributed by atoms with Gasteiger partial charge in [-0.2, -0.15) is 0 Å². The van der Waals surface area contributed by atoms with Crippen LogP contribution in [-0.2, 0) is 0 Å². The van der Waals surface area contributed by atoms with Crippen LogP contribution in [0.4, 0.5) is 5.69 Å². The smallest absolute Gasteiger partial charge is 0.274 e. The Kier molecular flexibility index (Phi) is 3.86. The molecular formula is C15H9BrClN3O. The van der Waals surface area contributed by atoms with Crippen LogP contribution in [0.25, 0.3) is 10.9 Å². The molecule has 4 nitrogen and oxygen atoms in total. The first kappa shape index (κ1) is 14.0. The maximum absolute atomic E-state index is 12.3. The zero-order chi connectivity index (χ0) is 14.8. The topological polar surface area (TPSA) is 54.9 Å². The summed E-state index contributed by atoms with van der Waals surface area (Å²) in [6.45, 7) is 0. The van der Waals surface area contributed by atoms with Crippen LogP contribution in [0, 0.1) is 0 Å². The number of carbonyl (C=O) groups is 1. The molecule has 3 rings (SSSR count). The van der Waals surface area contributed by atoms with Crippen LogP contribution in [-0.4, -0.2) is 15.9 Å². The molecular weight excluding hydrogens is 354 g/mol. The molecule has 0 aliphatic heterocycles. The molecule has 104 valence electrons. The van der Waals surface area contributed by atoms with Gasteiger partial charge in [-0.05, 0) is 40.2 Å². The average Bonchev–Trinajstić information content (AvgIpc) is 2.49. The number of fused-ring (bicyclic) bond motifs is 1. The molecule has 21 heavy (non-hydrogen) atoms. The van der Waals surface area contributed by atoms with Crippen molar-refractivity contribution in [1.82, 2.24) is 9.97 Å². The molecule has 0 saturated heterocycles. The van der Waals surface area contributed by atoms with Crippen molar-refractivity contribution < 1.29 is 4.79 Å². The molecule has 0 radical (unpaired) electrons. The molecule has 0 bridgehead atoms. The lowest BCUT2D eigenvalue weighted by Crippen LogP contribution is -2.14. The molecule has 0 saturated carbocycles. The zero-order valence-electron chi connectivity index (χ0n) is 10.7. The number of hydrogen-bond acceptors (Lipinski definition) is 3. The molecule has 6 heteroatoms. The van der Waals surface area contributed by atoms with E-state index in [1.54, 1.807) is 24.4 Å². The highest BCUT2D eigenvalue weighted by Crippen LogP contribution is 2.24. The Labute approximate surface area is 134 Å². The fourth-order valence-electron chi connectivity index (χ4n) is 1.91. The van der Waals surface area contributed by atoms with Crippen LogP contribution in [0.1, 0.15) is 10.5 Å². The molecule has 1 amide bonds. The zero-order valence-corrected chi connectivity index (χ0v) is 13.0. The van der Waals surface area contributed by atoms with Gasteiger partial charge in [0.05, 0.1) is 16.2 Å². The first-order valence-corrected chi connectivity index (χ1v) is 7.29. The molecule has 3 aromatic rings. The van der Waals surface area contributed by atoms with Crippen molar-refractivity contribution >= 4 is 50.0 Å². The summed E-state index contributed by atoms with van der Waals surface area (Å²) in [6, 6.07) is 12.5. The van der Waals surface area contributed by atoms with Gasteiger partial charge in [-0.1, -0.05) is 29.8 Å². The van der Waals surface area contributed by atoms with Gasteiger partial charge >= 0.3 is 0 Å². The van der Waals surface area contributed by atoms with Crippen LogP contribution < -0.4 is 5.32 Å². The van der Waals surface area contributed by atoms with Gasteiger partial charge in [-0.3, -0.25) is 4.79 Å². The molecule has 0 aliphatic carbocycles. The summed E-state index contributed by atoms with van der Waals surface area (Å²) in [5, 5.41) is 4.06. The monoisotopic (exact) mass is 361 g/mol. The average molecular weight is 363 g/mol. The summed E-state index contributed by atoms with van der Waals surface area (Å²) in [5.74, 6) is -0.337. The lowest BCUT2D eigenvalue weighted by atomic mass is 10.2. The number of halogens is 2. The van der Waals surface area contributed by atoms with E-state index in [1.807, 2.05) is 24.3 Å². The third kappa shape index (κ3) is 2.89. The number of nitrogens with zero attached hydrogens (tertiary/aromatic N) is 2. The highest BCUT2D eigenvalue weighted by molar-refractivity contribution is 9.10. The minimum absolute atomic E-state index is 0.259. The number of nitrogens with one attached hydrogen (secondary N) is 1. The van der Waals surface area contributed by atoms with Crippen LogP contribution in [0.15, 0.2) is 53.3 Å². The summed E-state index contributed by atoms with van der Waals surface area (Å²) in [6.07, 6.45) is 1.63. The highest BCUT2D eigenvalue weighted by atomic mass is 79.9. The number of anilines is 1. The van der Waals surface area contributed by atoms with Gasteiger partial charge in [0.1, 0.15) is 10.3 Å². The first-order valence-electron chi connectivity index (χ1n) is 6.12. The van der Waals surface area contributed by atoms with Gasteiger partial charge in [-0.25, -0.2) is 9.97 Å². The van der Waals surface area contributed by atoms with Crippen LogP contribution in [0.2, 0.25) is 5.02 Å². The Morgan fingerprint density at radius 3 is 2.81 bits per heavy atom. The summed E-state index contributed by atoms with van der Waals surface area (Å²) in [7, 11) is 0. The number of carbonyl (C=O) groups excluding carboxylic acids is 1. The van der Waals surface area contributed by atoms with E-state index in [2.05, 4.69) is 31.2 Å². The van der Waals surface area contributed by atoms with Gasteiger partial charge < -0.3 is 5.32 Å². The maximum Gasteiger partial charge on any atom is 0.274 e. The normalized spacial score (nSPS) is 10.6. The second-order valence-electron chi connectivity index (χ2n) is 4.30. The summed E-state index contributed by atoms with van der Waals surface area (Å²) in [5.41, 5.74) is 1.52. The second kappa shape index (κ2) is 5.79. The van der Waals surface area contributed by atoms with E-state index in [9.17, 15) is 4.79 Å². The van der Waals surface area contributed by atoms with Crippen molar-refractivity contribution in [3.63, 3.8) is 0 Å². The number of rotatable bonds is 2. The SMILES string of the molecule is O=C(Nc1cccnc1Br)c1cc(Cl)c2ccccc2n1. The predicted molar refractivity (Wildman–Crippen MR) is 86.6 cm³/mol. The van der Waals surface area contributed by atoms with Crippen LogP contribution in [0.5, 0.6) is 0 Å². The molecule has 0 atom stereocenters. The van der Waals surface area contributed by atoms with Gasteiger partial charge in [-0.15, -0.1) is 0 Å². The third-order valence-corrected chi connectivity index (χ3v) is 3.85. The third-order valence-electron chi connectivity index (χ3n) is 2.91. The molecule has 1 aromatic carbocycles. The molecule has 0 aliphatic rings. The Hall–Kier alpha value is -1.98. The van der Waals surface area contributed by atoms with E-state index in [-0.39, 0.29) is 11.6 Å². The first-order chi connectivity index (χ1) is 10.1. The van der Waals surface area contributed by atoms with Crippen molar-refractivity contribution in [2.45, 2.75) is 0 Å². The number of benzene rings is 1. The predicted octanol–water partition coefficient (Wildman–Crippen LogP) is 4.30. The van der Waals surface area contributed by atoms with Gasteiger partial charge in [0, 0.05) is 11.6 Å². The largest absolute Gasteiger partial charge is 0.318 e. The lowest BCUT2D eigenvalue weighted by molar-refractivity contribution is 0.102.